The Kier molecular flexibility index (Phi) is 4.64. The van der Waals surface area contributed by atoms with Crippen LogP contribution >= 0.6 is 11.6 Å². The summed E-state index contributed by atoms with van der Waals surface area (Å²) in [5.74, 6) is 1.83. The van der Waals surface area contributed by atoms with Crippen LogP contribution in [0.1, 0.15) is 10.5 Å². The molecule has 4 heterocycles. The van der Waals surface area contributed by atoms with Gasteiger partial charge in [-0.2, -0.15) is 0 Å². The van der Waals surface area contributed by atoms with Gasteiger partial charge in [-0.25, -0.2) is 4.98 Å². The molecule has 2 aromatic heterocycles. The highest BCUT2D eigenvalue weighted by molar-refractivity contribution is 6.30. The molecule has 6 nitrogen and oxygen atoms in total. The SMILES string of the molecule is O=C(c1ccccn1)N1CC2CN(c3cnc(-c4ccc(Cl)cc4)cn3)CC2C1. The van der Waals surface area contributed by atoms with Crippen LogP contribution in [-0.2, 0) is 0 Å². The number of benzene rings is 1. The van der Waals surface area contributed by atoms with E-state index >= 15 is 0 Å². The first-order valence-corrected chi connectivity index (χ1v) is 10.1. The fourth-order valence-corrected chi connectivity index (χ4v) is 4.38. The molecule has 0 bridgehead atoms. The van der Waals surface area contributed by atoms with Gasteiger partial charge in [-0.15, -0.1) is 0 Å². The number of carbonyl (C=O) groups is 1. The standard InChI is InChI=1S/C22H20ClN5O/c23-18-6-4-15(5-7-18)20-9-26-21(10-25-20)27-11-16-13-28(14-17(16)12-27)22(29)19-3-1-2-8-24-19/h1-10,16-17H,11-14H2. The Morgan fingerprint density at radius 3 is 2.28 bits per heavy atom. The molecule has 146 valence electrons. The monoisotopic (exact) mass is 405 g/mol. The molecule has 0 saturated carbocycles. The van der Waals surface area contributed by atoms with Crippen molar-refractivity contribution < 1.29 is 4.79 Å². The van der Waals surface area contributed by atoms with Gasteiger partial charge in [-0.05, 0) is 24.3 Å². The maximum absolute atomic E-state index is 12.6. The van der Waals surface area contributed by atoms with Crippen LogP contribution in [0.15, 0.2) is 61.1 Å². The molecule has 2 atom stereocenters. The Hall–Kier alpha value is -2.99. The summed E-state index contributed by atoms with van der Waals surface area (Å²) in [5.41, 5.74) is 2.35. The third-order valence-electron chi connectivity index (χ3n) is 5.76. The minimum atomic E-state index is 0.0265. The number of aromatic nitrogens is 3. The first-order chi connectivity index (χ1) is 14.2. The van der Waals surface area contributed by atoms with Gasteiger partial charge >= 0.3 is 0 Å². The van der Waals surface area contributed by atoms with Crippen molar-refractivity contribution >= 4 is 23.3 Å². The topological polar surface area (TPSA) is 62.2 Å². The maximum atomic E-state index is 12.6. The summed E-state index contributed by atoms with van der Waals surface area (Å²) in [6.45, 7) is 3.33. The van der Waals surface area contributed by atoms with Gasteiger partial charge in [0.05, 0.1) is 18.1 Å². The Bertz CT molecular complexity index is 996. The number of likely N-dealkylation sites (tertiary alicyclic amines) is 1. The van der Waals surface area contributed by atoms with Gasteiger partial charge < -0.3 is 9.80 Å². The predicted octanol–water partition coefficient (Wildman–Crippen LogP) is 3.40. The van der Waals surface area contributed by atoms with Crippen molar-refractivity contribution in [1.29, 1.82) is 0 Å². The predicted molar refractivity (Wildman–Crippen MR) is 112 cm³/mol. The van der Waals surface area contributed by atoms with Crippen molar-refractivity contribution in [2.45, 2.75) is 0 Å². The summed E-state index contributed by atoms with van der Waals surface area (Å²) in [6.07, 6.45) is 5.31. The number of anilines is 1. The summed E-state index contributed by atoms with van der Waals surface area (Å²) in [7, 11) is 0. The molecule has 2 aliphatic heterocycles. The Balaban J connectivity index is 1.23. The lowest BCUT2D eigenvalue weighted by Crippen LogP contribution is -2.33. The Morgan fingerprint density at radius 1 is 0.897 bits per heavy atom. The molecule has 3 aromatic rings. The van der Waals surface area contributed by atoms with Crippen LogP contribution in [0.25, 0.3) is 11.3 Å². The first-order valence-electron chi connectivity index (χ1n) is 9.70. The molecular formula is C22H20ClN5O. The van der Waals surface area contributed by atoms with Crippen molar-refractivity contribution in [3.05, 3.63) is 71.8 Å². The summed E-state index contributed by atoms with van der Waals surface area (Å²) >= 11 is 5.95. The Morgan fingerprint density at radius 2 is 1.66 bits per heavy atom. The number of fused-ring (bicyclic) bond motifs is 1. The second-order valence-corrected chi connectivity index (χ2v) is 8.05. The molecule has 0 N–H and O–H groups in total. The van der Waals surface area contributed by atoms with Gasteiger partial charge in [0.15, 0.2) is 0 Å². The van der Waals surface area contributed by atoms with Crippen molar-refractivity contribution in [1.82, 2.24) is 19.9 Å². The van der Waals surface area contributed by atoms with E-state index in [1.54, 1.807) is 12.3 Å². The van der Waals surface area contributed by atoms with E-state index < -0.39 is 0 Å². The van der Waals surface area contributed by atoms with E-state index in [9.17, 15) is 4.79 Å². The average molecular weight is 406 g/mol. The van der Waals surface area contributed by atoms with E-state index in [0.717, 1.165) is 43.3 Å². The van der Waals surface area contributed by atoms with Crippen LogP contribution in [0.3, 0.4) is 0 Å². The van der Waals surface area contributed by atoms with Gasteiger partial charge in [0, 0.05) is 54.8 Å². The van der Waals surface area contributed by atoms with Crippen LogP contribution in [0.5, 0.6) is 0 Å². The average Bonchev–Trinajstić information content (AvgIpc) is 3.34. The number of halogens is 1. The van der Waals surface area contributed by atoms with Crippen molar-refractivity contribution in [2.75, 3.05) is 31.1 Å². The second-order valence-electron chi connectivity index (χ2n) is 7.62. The van der Waals surface area contributed by atoms with Gasteiger partial charge in [-0.3, -0.25) is 14.8 Å². The molecule has 0 radical (unpaired) electrons. The normalized spacial score (nSPS) is 20.7. The van der Waals surface area contributed by atoms with Crippen LogP contribution < -0.4 is 4.90 Å². The summed E-state index contributed by atoms with van der Waals surface area (Å²) in [6, 6.07) is 13.1. The lowest BCUT2D eigenvalue weighted by atomic mass is 10.0. The van der Waals surface area contributed by atoms with Crippen LogP contribution in [0.4, 0.5) is 5.82 Å². The molecule has 1 aromatic carbocycles. The number of amides is 1. The number of hydrogen-bond acceptors (Lipinski definition) is 5. The van der Waals surface area contributed by atoms with Gasteiger partial charge in [-0.1, -0.05) is 29.8 Å². The van der Waals surface area contributed by atoms with Gasteiger partial charge in [0.25, 0.3) is 5.91 Å². The zero-order chi connectivity index (χ0) is 19.8. The quantitative estimate of drug-likeness (QED) is 0.668. The molecule has 29 heavy (non-hydrogen) atoms. The number of hydrogen-bond donors (Lipinski definition) is 0. The number of nitrogens with zero attached hydrogens (tertiary/aromatic N) is 5. The van der Waals surface area contributed by atoms with Crippen LogP contribution in [0, 0.1) is 11.8 Å². The van der Waals surface area contributed by atoms with E-state index in [-0.39, 0.29) is 5.91 Å². The fourth-order valence-electron chi connectivity index (χ4n) is 4.25. The molecule has 7 heteroatoms. The lowest BCUT2D eigenvalue weighted by Gasteiger charge is -2.22. The zero-order valence-corrected chi connectivity index (χ0v) is 16.5. The van der Waals surface area contributed by atoms with E-state index in [1.807, 2.05) is 53.7 Å². The molecule has 2 unspecified atom stereocenters. The molecule has 2 aliphatic rings. The van der Waals surface area contributed by atoms with Crippen LogP contribution in [-0.4, -0.2) is 51.9 Å². The fraction of sp³-hybridized carbons (Fsp3) is 0.273. The van der Waals surface area contributed by atoms with Gasteiger partial charge in [0.1, 0.15) is 11.5 Å². The molecule has 5 rings (SSSR count). The van der Waals surface area contributed by atoms with E-state index in [0.29, 0.717) is 22.6 Å². The smallest absolute Gasteiger partial charge is 0.272 e. The highest BCUT2D eigenvalue weighted by atomic mass is 35.5. The zero-order valence-electron chi connectivity index (χ0n) is 15.8. The number of rotatable bonds is 3. The molecule has 2 fully saturated rings. The number of carbonyl (C=O) groups excluding carboxylic acids is 1. The summed E-state index contributed by atoms with van der Waals surface area (Å²) in [4.78, 5) is 30.3. The highest BCUT2D eigenvalue weighted by Gasteiger charge is 2.42. The minimum Gasteiger partial charge on any atom is -0.355 e. The van der Waals surface area contributed by atoms with Crippen molar-refractivity contribution in [3.8, 4) is 11.3 Å². The molecular weight excluding hydrogens is 386 g/mol. The molecule has 1 amide bonds. The maximum Gasteiger partial charge on any atom is 0.272 e. The first kappa shape index (κ1) is 18.1. The van der Waals surface area contributed by atoms with Crippen molar-refractivity contribution in [2.24, 2.45) is 11.8 Å². The highest BCUT2D eigenvalue weighted by Crippen LogP contribution is 2.34. The molecule has 0 spiro atoms. The largest absolute Gasteiger partial charge is 0.355 e. The lowest BCUT2D eigenvalue weighted by molar-refractivity contribution is 0.0777. The number of pyridine rings is 1. The minimum absolute atomic E-state index is 0.0265. The second kappa shape index (κ2) is 7.44. The van der Waals surface area contributed by atoms with Gasteiger partial charge in [0.2, 0.25) is 0 Å². The molecule has 2 saturated heterocycles. The summed E-state index contributed by atoms with van der Waals surface area (Å²) < 4.78 is 0. The third kappa shape index (κ3) is 3.56. The van der Waals surface area contributed by atoms with E-state index in [2.05, 4.69) is 19.9 Å². The molecule has 0 aliphatic carbocycles. The van der Waals surface area contributed by atoms with Crippen molar-refractivity contribution in [3.63, 3.8) is 0 Å². The Labute approximate surface area is 174 Å². The van der Waals surface area contributed by atoms with Crippen LogP contribution in [0.2, 0.25) is 5.02 Å². The summed E-state index contributed by atoms with van der Waals surface area (Å²) in [5, 5.41) is 0.706. The van der Waals surface area contributed by atoms with E-state index in [4.69, 9.17) is 11.6 Å². The third-order valence-corrected chi connectivity index (χ3v) is 6.01. The van der Waals surface area contributed by atoms with E-state index in [1.165, 1.54) is 0 Å².